The number of hydrogen-bond donors (Lipinski definition) is 0. The monoisotopic (exact) mass is 273 g/mol. The van der Waals surface area contributed by atoms with E-state index in [1.54, 1.807) is 0 Å². The van der Waals surface area contributed by atoms with Crippen molar-refractivity contribution in [2.75, 3.05) is 0 Å². The molecule has 8 heteroatoms. The summed E-state index contributed by atoms with van der Waals surface area (Å²) < 4.78 is 0. The van der Waals surface area contributed by atoms with Crippen LogP contribution in [0.3, 0.4) is 0 Å². The summed E-state index contributed by atoms with van der Waals surface area (Å²) in [5.74, 6) is 0. The molecule has 0 aliphatic carbocycles. The molecule has 1 radical (unpaired) electrons. The molecule has 5 nitrogen and oxygen atoms in total. The first-order chi connectivity index (χ1) is 0. The number of hydrogen-bond acceptors (Lipinski definition) is 0. The van der Waals surface area contributed by atoms with E-state index in [0.717, 1.165) is 0 Å². The van der Waals surface area contributed by atoms with Crippen molar-refractivity contribution >= 4 is 0 Å². The van der Waals surface area contributed by atoms with Gasteiger partial charge in [-0.25, -0.2) is 0 Å². The molecule has 45 valence electrons. The van der Waals surface area contributed by atoms with Crippen LogP contribution in [0.15, 0.2) is 0 Å². The maximum absolute atomic E-state index is 0. The van der Waals surface area contributed by atoms with Gasteiger partial charge < -0.3 is 27.4 Å². The van der Waals surface area contributed by atoms with Crippen LogP contribution < -0.4 is 0 Å². The second-order valence-electron chi connectivity index (χ2n) is 0. The van der Waals surface area contributed by atoms with Crippen molar-refractivity contribution in [3.8, 4) is 0 Å². The molecule has 0 N–H and O–H groups in total. The molecular formula is FeO5TiY. The van der Waals surface area contributed by atoms with E-state index in [9.17, 15) is 0 Å². The van der Waals surface area contributed by atoms with Crippen molar-refractivity contribution in [2.45, 2.75) is 0 Å². The Kier molecular flexibility index (Phi) is 3070. The Balaban J connectivity index is 0. The van der Waals surface area contributed by atoms with Crippen LogP contribution in [0.5, 0.6) is 0 Å². The molecule has 0 aromatic carbocycles. The predicted molar refractivity (Wildman–Crippen MR) is 3.43 cm³/mol. The van der Waals surface area contributed by atoms with Crippen molar-refractivity contribution in [1.29, 1.82) is 0 Å². The first-order valence-corrected chi connectivity index (χ1v) is 0. The van der Waals surface area contributed by atoms with E-state index in [1.807, 2.05) is 0 Å². The topological polar surface area (TPSA) is 142 Å². The minimum atomic E-state index is 0. The van der Waals surface area contributed by atoms with Crippen molar-refractivity contribution in [3.63, 3.8) is 0 Å². The summed E-state index contributed by atoms with van der Waals surface area (Å²) in [6.07, 6.45) is 0. The van der Waals surface area contributed by atoms with E-state index in [-0.39, 0.29) is 98.9 Å². The molecule has 0 aromatic rings. The summed E-state index contributed by atoms with van der Waals surface area (Å²) in [5.41, 5.74) is 0. The van der Waals surface area contributed by atoms with Crippen LogP contribution in [0.4, 0.5) is 0 Å². The largest absolute Gasteiger partial charge is 4.00 e. The van der Waals surface area contributed by atoms with Gasteiger partial charge in [-0.1, -0.05) is 0 Å². The van der Waals surface area contributed by atoms with Gasteiger partial charge in [0, 0.05) is 0 Å². The molecular weight excluding hydrogens is 273 g/mol. The Morgan fingerprint density at radius 3 is 0.500 bits per heavy atom. The number of rotatable bonds is 0. The smallest absolute Gasteiger partial charge is 2.00 e. The van der Waals surface area contributed by atoms with Gasteiger partial charge in [-0.05, 0) is 0 Å². The van der Waals surface area contributed by atoms with Gasteiger partial charge in [0.15, 0.2) is 0 Å². The molecule has 0 saturated heterocycles. The van der Waals surface area contributed by atoms with E-state index in [4.69, 9.17) is 0 Å². The van der Waals surface area contributed by atoms with Crippen molar-refractivity contribution in [1.82, 2.24) is 0 Å². The summed E-state index contributed by atoms with van der Waals surface area (Å²) in [6, 6.07) is 0. The maximum atomic E-state index is 0. The maximum Gasteiger partial charge on any atom is 4.00 e. The Bertz CT molecular complexity index is 12.4. The van der Waals surface area contributed by atoms with Gasteiger partial charge in [0.1, 0.15) is 0 Å². The fourth-order valence-electron chi connectivity index (χ4n) is 0. The summed E-state index contributed by atoms with van der Waals surface area (Å²) in [5, 5.41) is 0. The molecule has 0 unspecified atom stereocenters. The molecule has 8 heavy (non-hydrogen) atoms. The van der Waals surface area contributed by atoms with Crippen molar-refractivity contribution in [2.24, 2.45) is 0 Å². The minimum absolute atomic E-state index is 0. The van der Waals surface area contributed by atoms with Gasteiger partial charge in [-0.15, -0.1) is 0 Å². The zero-order valence-electron chi connectivity index (χ0n) is 3.47. The third-order valence-corrected chi connectivity index (χ3v) is 0. The van der Waals surface area contributed by atoms with Crippen molar-refractivity contribution < 1.29 is 98.9 Å². The molecule has 0 aliphatic heterocycles. The molecule has 0 heterocycles. The molecule has 0 aromatic heterocycles. The fourth-order valence-corrected chi connectivity index (χ4v) is 0. The van der Waals surface area contributed by atoms with E-state index in [0.29, 0.717) is 0 Å². The molecule has 0 atom stereocenters. The SMILES string of the molecule is [Fe+3].[O-2].[O-2].[O-2].[O-2].[O-2].[Ti+4].[Y+3]. The van der Waals surface area contributed by atoms with E-state index in [2.05, 4.69) is 0 Å². The molecule has 0 fully saturated rings. The summed E-state index contributed by atoms with van der Waals surface area (Å²) in [4.78, 5) is 0. The molecule has 0 spiro atoms. The third-order valence-electron chi connectivity index (χ3n) is 0. The van der Waals surface area contributed by atoms with Gasteiger partial charge in [0.25, 0.3) is 0 Å². The van der Waals surface area contributed by atoms with Gasteiger partial charge in [0.05, 0.1) is 0 Å². The normalized spacial score (nSPS) is 0. The first kappa shape index (κ1) is 185. The van der Waals surface area contributed by atoms with Crippen LogP contribution in [0.25, 0.3) is 0 Å². The van der Waals surface area contributed by atoms with Crippen LogP contribution in [-0.4, -0.2) is 0 Å². The molecule has 0 saturated carbocycles. The van der Waals surface area contributed by atoms with E-state index < -0.39 is 0 Å². The van der Waals surface area contributed by atoms with Crippen LogP contribution in [0.1, 0.15) is 0 Å². The van der Waals surface area contributed by atoms with Crippen LogP contribution in [0, 0.1) is 0 Å². The van der Waals surface area contributed by atoms with E-state index >= 15 is 0 Å². The van der Waals surface area contributed by atoms with Crippen LogP contribution in [-0.2, 0) is 98.9 Å². The minimum Gasteiger partial charge on any atom is -2.00 e. The average Bonchev–Trinajstić information content (AvgIpc) is 0. The molecule has 0 amide bonds. The zero-order chi connectivity index (χ0) is 0. The quantitative estimate of drug-likeness (QED) is 0.519. The van der Waals surface area contributed by atoms with Gasteiger partial charge in [0.2, 0.25) is 0 Å². The van der Waals surface area contributed by atoms with Crippen LogP contribution >= 0.6 is 0 Å². The predicted octanol–water partition coefficient (Wildman–Crippen LogP) is -0.601. The molecule has 0 bridgehead atoms. The summed E-state index contributed by atoms with van der Waals surface area (Å²) >= 11 is 0. The van der Waals surface area contributed by atoms with E-state index in [1.165, 1.54) is 0 Å². The van der Waals surface area contributed by atoms with Gasteiger partial charge in [-0.2, -0.15) is 0 Å². The van der Waals surface area contributed by atoms with Crippen molar-refractivity contribution in [3.05, 3.63) is 0 Å². The summed E-state index contributed by atoms with van der Waals surface area (Å²) in [6.45, 7) is 0. The second kappa shape index (κ2) is 132. The fraction of sp³-hybridized carbons (Fsp3) is 0. The average molecular weight is 273 g/mol. The Labute approximate surface area is 97.8 Å². The zero-order valence-corrected chi connectivity index (χ0v) is 8.98. The standard InChI is InChI=1S/Fe.5O.Ti.Y/q+3;5*-2;+4;+3. The second-order valence-corrected chi connectivity index (χ2v) is 0. The summed E-state index contributed by atoms with van der Waals surface area (Å²) in [7, 11) is 0. The molecule has 0 aliphatic rings. The third kappa shape index (κ3) is 90.7. The Morgan fingerprint density at radius 2 is 0.500 bits per heavy atom. The Hall–Kier alpha value is 2.14. The van der Waals surface area contributed by atoms with Gasteiger partial charge >= 0.3 is 71.5 Å². The molecule has 0 rings (SSSR count). The van der Waals surface area contributed by atoms with Crippen LogP contribution in [0.2, 0.25) is 0 Å². The van der Waals surface area contributed by atoms with Gasteiger partial charge in [-0.3, -0.25) is 0 Å². The first-order valence-electron chi connectivity index (χ1n) is 0. The Morgan fingerprint density at radius 1 is 0.500 bits per heavy atom.